The molecule has 0 N–H and O–H groups in total. The van der Waals surface area contributed by atoms with E-state index in [1.807, 2.05) is 35.2 Å². The molecule has 138 valence electrons. The van der Waals surface area contributed by atoms with Crippen LogP contribution in [-0.4, -0.2) is 31.2 Å². The number of hydrogen-bond donors (Lipinski definition) is 0. The lowest BCUT2D eigenvalue weighted by Gasteiger charge is -2.44. The van der Waals surface area contributed by atoms with Crippen molar-refractivity contribution in [2.45, 2.75) is 70.4 Å². The van der Waals surface area contributed by atoms with Gasteiger partial charge in [0.2, 0.25) is 0 Å². The molecule has 2 atom stereocenters. The summed E-state index contributed by atoms with van der Waals surface area (Å²) in [6, 6.07) is 10.3. The predicted octanol–water partition coefficient (Wildman–Crippen LogP) is 5.15. The highest BCUT2D eigenvalue weighted by Crippen LogP contribution is 2.34. The Balaban J connectivity index is 1.63. The molecule has 0 saturated carbocycles. The fraction of sp³-hybridized carbons (Fsp3) is 0.500. The van der Waals surface area contributed by atoms with E-state index in [9.17, 15) is 4.79 Å². The summed E-state index contributed by atoms with van der Waals surface area (Å²) in [5, 5.41) is 0. The Labute approximate surface area is 158 Å². The van der Waals surface area contributed by atoms with Gasteiger partial charge in [0.1, 0.15) is 14.7 Å². The second-order valence-electron chi connectivity index (χ2n) is 8.36. The number of carbonyl (C=O) groups is 1. The molecule has 3 rings (SSSR count). The van der Waals surface area contributed by atoms with Crippen molar-refractivity contribution in [3.63, 3.8) is 0 Å². The number of amides is 1. The van der Waals surface area contributed by atoms with Crippen LogP contribution in [0.5, 0.6) is 0 Å². The van der Waals surface area contributed by atoms with Gasteiger partial charge in [-0.3, -0.25) is 4.90 Å². The SMILES string of the molecule is C[Si](C)(C)C#CCC1=CC2CCCC(C1)N2C(=O)OCc1ccccc1. The molecule has 2 aliphatic heterocycles. The molecule has 2 unspecified atom stereocenters. The normalized spacial score (nSPS) is 22.1. The fourth-order valence-electron chi connectivity index (χ4n) is 3.75. The number of piperidine rings is 1. The van der Waals surface area contributed by atoms with Gasteiger partial charge in [0.25, 0.3) is 0 Å². The Kier molecular flexibility index (Phi) is 5.88. The smallest absolute Gasteiger partial charge is 0.410 e. The summed E-state index contributed by atoms with van der Waals surface area (Å²) in [6.45, 7) is 7.16. The van der Waals surface area contributed by atoms with Gasteiger partial charge in [0, 0.05) is 12.5 Å². The van der Waals surface area contributed by atoms with Crippen LogP contribution in [0.4, 0.5) is 4.79 Å². The summed E-state index contributed by atoms with van der Waals surface area (Å²) in [6.07, 6.45) is 7.17. The van der Waals surface area contributed by atoms with Gasteiger partial charge in [-0.25, -0.2) is 4.79 Å². The Morgan fingerprint density at radius 2 is 2.00 bits per heavy atom. The highest BCUT2D eigenvalue weighted by atomic mass is 28.3. The second kappa shape index (κ2) is 8.14. The monoisotopic (exact) mass is 367 g/mol. The minimum absolute atomic E-state index is 0.174. The van der Waals surface area contributed by atoms with E-state index >= 15 is 0 Å². The van der Waals surface area contributed by atoms with Crippen LogP contribution in [0.25, 0.3) is 0 Å². The molecule has 2 bridgehead atoms. The molecule has 1 amide bonds. The number of nitrogens with zero attached hydrogens (tertiary/aromatic N) is 1. The first-order chi connectivity index (χ1) is 12.4. The maximum absolute atomic E-state index is 12.7. The van der Waals surface area contributed by atoms with Crippen LogP contribution in [0, 0.1) is 11.5 Å². The number of fused-ring (bicyclic) bond motifs is 2. The molecular formula is C22H29NO2Si. The molecule has 26 heavy (non-hydrogen) atoms. The number of ether oxygens (including phenoxy) is 1. The van der Waals surface area contributed by atoms with Crippen LogP contribution in [0.2, 0.25) is 19.6 Å². The Morgan fingerprint density at radius 3 is 2.69 bits per heavy atom. The Bertz CT molecular complexity index is 724. The Morgan fingerprint density at radius 1 is 1.23 bits per heavy atom. The van der Waals surface area contributed by atoms with Gasteiger partial charge in [-0.05, 0) is 31.2 Å². The van der Waals surface area contributed by atoms with Crippen molar-refractivity contribution in [3.05, 3.63) is 47.5 Å². The van der Waals surface area contributed by atoms with Gasteiger partial charge >= 0.3 is 6.09 Å². The standard InChI is InChI=1S/C22H29NO2Si/c1-26(2,3)14-8-11-19-15-20-12-7-13-21(16-19)23(20)22(24)25-17-18-9-5-4-6-10-18/h4-6,9-10,15,20-21H,7,11-13,16-17H2,1-3H3. The molecule has 3 nitrogen and oxygen atoms in total. The topological polar surface area (TPSA) is 29.5 Å². The first kappa shape index (κ1) is 18.8. The average Bonchev–Trinajstić information content (AvgIpc) is 2.58. The average molecular weight is 368 g/mol. The number of hydrogen-bond acceptors (Lipinski definition) is 2. The summed E-state index contributed by atoms with van der Waals surface area (Å²) < 4.78 is 5.60. The third-order valence-electron chi connectivity index (χ3n) is 4.91. The molecule has 1 aromatic carbocycles. The molecule has 0 aromatic heterocycles. The third kappa shape index (κ3) is 5.01. The molecule has 2 heterocycles. The van der Waals surface area contributed by atoms with Crippen molar-refractivity contribution in [2.24, 2.45) is 0 Å². The van der Waals surface area contributed by atoms with Gasteiger partial charge in [0.15, 0.2) is 0 Å². The summed E-state index contributed by atoms with van der Waals surface area (Å²) >= 11 is 0. The van der Waals surface area contributed by atoms with E-state index in [2.05, 4.69) is 37.2 Å². The molecule has 1 fully saturated rings. The minimum atomic E-state index is -1.32. The van der Waals surface area contributed by atoms with Gasteiger partial charge < -0.3 is 4.74 Å². The zero-order valence-corrected chi connectivity index (χ0v) is 17.1. The first-order valence-corrected chi connectivity index (χ1v) is 13.1. The maximum Gasteiger partial charge on any atom is 0.410 e. The van der Waals surface area contributed by atoms with Gasteiger partial charge in [0.05, 0.1) is 6.04 Å². The van der Waals surface area contributed by atoms with E-state index in [1.54, 1.807) is 0 Å². The zero-order chi connectivity index (χ0) is 18.6. The largest absolute Gasteiger partial charge is 0.445 e. The lowest BCUT2D eigenvalue weighted by molar-refractivity contribution is 0.0481. The molecule has 0 spiro atoms. The van der Waals surface area contributed by atoms with Gasteiger partial charge in [-0.15, -0.1) is 11.5 Å². The number of benzene rings is 1. The molecule has 1 saturated heterocycles. The highest BCUT2D eigenvalue weighted by Gasteiger charge is 2.37. The lowest BCUT2D eigenvalue weighted by atomic mass is 9.84. The van der Waals surface area contributed by atoms with Crippen molar-refractivity contribution in [2.75, 3.05) is 0 Å². The summed E-state index contributed by atoms with van der Waals surface area (Å²) in [5.41, 5.74) is 5.88. The molecule has 0 aliphatic carbocycles. The third-order valence-corrected chi connectivity index (χ3v) is 5.84. The molecule has 0 radical (unpaired) electrons. The second-order valence-corrected chi connectivity index (χ2v) is 13.1. The van der Waals surface area contributed by atoms with E-state index in [1.165, 1.54) is 12.0 Å². The van der Waals surface area contributed by atoms with Crippen molar-refractivity contribution in [1.82, 2.24) is 4.90 Å². The van der Waals surface area contributed by atoms with Crippen LogP contribution in [-0.2, 0) is 11.3 Å². The van der Waals surface area contributed by atoms with E-state index in [-0.39, 0.29) is 18.2 Å². The van der Waals surface area contributed by atoms with Crippen molar-refractivity contribution >= 4 is 14.2 Å². The molecular weight excluding hydrogens is 338 g/mol. The van der Waals surface area contributed by atoms with E-state index in [0.717, 1.165) is 31.2 Å². The van der Waals surface area contributed by atoms with Crippen LogP contribution in [0.1, 0.15) is 37.7 Å². The van der Waals surface area contributed by atoms with E-state index < -0.39 is 8.07 Å². The summed E-state index contributed by atoms with van der Waals surface area (Å²) in [5.74, 6) is 3.38. The number of rotatable bonds is 3. The van der Waals surface area contributed by atoms with Crippen molar-refractivity contribution in [1.29, 1.82) is 0 Å². The van der Waals surface area contributed by atoms with Crippen molar-refractivity contribution < 1.29 is 9.53 Å². The van der Waals surface area contributed by atoms with Gasteiger partial charge in [-0.2, -0.15) is 0 Å². The molecule has 4 heteroatoms. The minimum Gasteiger partial charge on any atom is -0.445 e. The summed E-state index contributed by atoms with van der Waals surface area (Å²) in [7, 11) is -1.32. The van der Waals surface area contributed by atoms with Crippen LogP contribution >= 0.6 is 0 Å². The van der Waals surface area contributed by atoms with Crippen LogP contribution in [0.3, 0.4) is 0 Å². The van der Waals surface area contributed by atoms with E-state index in [4.69, 9.17) is 4.74 Å². The lowest BCUT2D eigenvalue weighted by Crippen LogP contribution is -2.51. The highest BCUT2D eigenvalue weighted by molar-refractivity contribution is 6.83. The summed E-state index contributed by atoms with van der Waals surface area (Å²) in [4.78, 5) is 14.7. The van der Waals surface area contributed by atoms with Crippen molar-refractivity contribution in [3.8, 4) is 11.5 Å². The molecule has 2 aliphatic rings. The molecule has 1 aromatic rings. The van der Waals surface area contributed by atoms with Crippen LogP contribution in [0.15, 0.2) is 42.0 Å². The quantitative estimate of drug-likeness (QED) is 0.420. The maximum atomic E-state index is 12.7. The van der Waals surface area contributed by atoms with Crippen LogP contribution < -0.4 is 0 Å². The van der Waals surface area contributed by atoms with Gasteiger partial charge in [-0.1, -0.05) is 61.6 Å². The predicted molar refractivity (Wildman–Crippen MR) is 108 cm³/mol. The first-order valence-electron chi connectivity index (χ1n) is 9.61. The zero-order valence-electron chi connectivity index (χ0n) is 16.1. The number of carbonyl (C=O) groups excluding carboxylic acids is 1. The van der Waals surface area contributed by atoms with E-state index in [0.29, 0.717) is 6.61 Å². The Hall–Kier alpha value is -1.99. The fourth-order valence-corrected chi connectivity index (χ4v) is 4.37.